The summed E-state index contributed by atoms with van der Waals surface area (Å²) in [6.07, 6.45) is 3.01. The summed E-state index contributed by atoms with van der Waals surface area (Å²) in [4.78, 5) is 14.2. The van der Waals surface area contributed by atoms with E-state index in [9.17, 15) is 9.90 Å². The zero-order valence-corrected chi connectivity index (χ0v) is 12.6. The number of aliphatic hydroxyl groups is 1. The molecule has 1 aliphatic heterocycles. The van der Waals surface area contributed by atoms with E-state index in [4.69, 9.17) is 5.73 Å². The number of nitrogens with one attached hydrogen (secondary N) is 1. The molecule has 1 aromatic carbocycles. The van der Waals surface area contributed by atoms with Crippen molar-refractivity contribution in [3.8, 4) is 0 Å². The Balaban J connectivity index is 1.78. The van der Waals surface area contributed by atoms with Crippen molar-refractivity contribution in [1.82, 2.24) is 4.90 Å². The molecule has 0 spiro atoms. The molecule has 1 atom stereocenters. The number of nitrogen functional groups attached to an aromatic ring is 1. The van der Waals surface area contributed by atoms with Crippen molar-refractivity contribution < 1.29 is 9.90 Å². The van der Waals surface area contributed by atoms with E-state index in [2.05, 4.69) is 10.2 Å². The summed E-state index contributed by atoms with van der Waals surface area (Å²) in [5.41, 5.74) is 6.49. The lowest BCUT2D eigenvalue weighted by Crippen LogP contribution is -2.31. The number of carbonyl (C=O) groups excluding carboxylic acids is 1. The zero-order valence-electron chi connectivity index (χ0n) is 12.6. The van der Waals surface area contributed by atoms with Gasteiger partial charge in [-0.1, -0.05) is 12.1 Å². The van der Waals surface area contributed by atoms with Crippen LogP contribution in [0.3, 0.4) is 0 Å². The number of benzene rings is 1. The Bertz CT molecular complexity index is 488. The Morgan fingerprint density at radius 1 is 1.38 bits per heavy atom. The van der Waals surface area contributed by atoms with E-state index in [1.165, 1.54) is 0 Å². The van der Waals surface area contributed by atoms with Crippen molar-refractivity contribution in [3.05, 3.63) is 24.3 Å². The number of rotatable bonds is 4. The monoisotopic (exact) mass is 291 g/mol. The first kappa shape index (κ1) is 15.8. The van der Waals surface area contributed by atoms with Gasteiger partial charge in [0.05, 0.1) is 17.0 Å². The van der Waals surface area contributed by atoms with Crippen LogP contribution < -0.4 is 11.1 Å². The van der Waals surface area contributed by atoms with Crippen LogP contribution >= 0.6 is 0 Å². The highest BCUT2D eigenvalue weighted by Crippen LogP contribution is 2.21. The summed E-state index contributed by atoms with van der Waals surface area (Å²) < 4.78 is 0. The molecule has 0 bridgehead atoms. The predicted molar refractivity (Wildman–Crippen MR) is 85.0 cm³/mol. The number of nitrogens with two attached hydrogens (primary N) is 1. The van der Waals surface area contributed by atoms with Gasteiger partial charge in [-0.05, 0) is 44.9 Å². The molecule has 4 N–H and O–H groups in total. The van der Waals surface area contributed by atoms with Crippen LogP contribution in [0.5, 0.6) is 0 Å². The molecule has 0 aliphatic carbocycles. The van der Waals surface area contributed by atoms with Crippen LogP contribution in [0.25, 0.3) is 0 Å². The molecule has 0 saturated carbocycles. The van der Waals surface area contributed by atoms with Crippen LogP contribution in [-0.2, 0) is 4.79 Å². The van der Waals surface area contributed by atoms with Gasteiger partial charge in [-0.15, -0.1) is 0 Å². The molecule has 1 saturated heterocycles. The van der Waals surface area contributed by atoms with E-state index in [0.29, 0.717) is 24.3 Å². The summed E-state index contributed by atoms with van der Waals surface area (Å²) in [6, 6.07) is 7.26. The van der Waals surface area contributed by atoms with E-state index in [-0.39, 0.29) is 5.91 Å². The van der Waals surface area contributed by atoms with Gasteiger partial charge in [-0.25, -0.2) is 0 Å². The van der Waals surface area contributed by atoms with Crippen molar-refractivity contribution in [2.24, 2.45) is 0 Å². The van der Waals surface area contributed by atoms with Crippen molar-refractivity contribution in [3.63, 3.8) is 0 Å². The number of amides is 1. The fraction of sp³-hybridized carbons (Fsp3) is 0.562. The van der Waals surface area contributed by atoms with E-state index in [0.717, 1.165) is 32.4 Å². The van der Waals surface area contributed by atoms with Crippen LogP contribution in [0.2, 0.25) is 0 Å². The maximum Gasteiger partial charge on any atom is 0.225 e. The fourth-order valence-corrected chi connectivity index (χ4v) is 2.63. The van der Waals surface area contributed by atoms with E-state index < -0.39 is 5.60 Å². The molecule has 1 unspecified atom stereocenters. The Morgan fingerprint density at radius 2 is 2.14 bits per heavy atom. The topological polar surface area (TPSA) is 78.6 Å². The average Bonchev–Trinajstić information content (AvgIpc) is 2.60. The molecule has 5 nitrogen and oxygen atoms in total. The van der Waals surface area contributed by atoms with Crippen LogP contribution in [0.4, 0.5) is 11.4 Å². The van der Waals surface area contributed by atoms with Gasteiger partial charge in [0.25, 0.3) is 0 Å². The molecule has 1 heterocycles. The largest absolute Gasteiger partial charge is 0.397 e. The van der Waals surface area contributed by atoms with Gasteiger partial charge in [0.2, 0.25) is 5.91 Å². The normalized spacial score (nSPS) is 23.5. The van der Waals surface area contributed by atoms with Crippen LogP contribution in [0, 0.1) is 0 Å². The second-order valence-corrected chi connectivity index (χ2v) is 6.08. The maximum atomic E-state index is 12.0. The Kier molecular flexibility index (Phi) is 5.20. The molecular formula is C16H25N3O2. The zero-order chi connectivity index (χ0) is 15.3. The molecular weight excluding hydrogens is 266 g/mol. The highest BCUT2D eigenvalue weighted by molar-refractivity contribution is 5.93. The average molecular weight is 291 g/mol. The Morgan fingerprint density at radius 3 is 2.90 bits per heavy atom. The first-order valence-electron chi connectivity index (χ1n) is 7.55. The number of anilines is 2. The van der Waals surface area contributed by atoms with Gasteiger partial charge in [-0.3, -0.25) is 4.79 Å². The summed E-state index contributed by atoms with van der Waals surface area (Å²) in [6.45, 7) is 4.39. The molecule has 21 heavy (non-hydrogen) atoms. The van der Waals surface area contributed by atoms with E-state index >= 15 is 0 Å². The van der Waals surface area contributed by atoms with Crippen molar-refractivity contribution in [1.29, 1.82) is 0 Å². The van der Waals surface area contributed by atoms with Gasteiger partial charge < -0.3 is 21.1 Å². The number of likely N-dealkylation sites (tertiary alicyclic amines) is 1. The Hall–Kier alpha value is -1.59. The van der Waals surface area contributed by atoms with Crippen LogP contribution in [0.15, 0.2) is 24.3 Å². The standard InChI is InChI=1S/C16H25N3O2/c1-16(21)8-4-10-19(12-9-16)11-7-15(20)18-14-6-3-2-5-13(14)17/h2-3,5-6,21H,4,7-12,17H2,1H3,(H,18,20). The Labute approximate surface area is 126 Å². The fourth-order valence-electron chi connectivity index (χ4n) is 2.63. The number of carbonyl (C=O) groups is 1. The molecule has 116 valence electrons. The SMILES string of the molecule is CC1(O)CCCN(CCC(=O)Nc2ccccc2N)CC1. The smallest absolute Gasteiger partial charge is 0.225 e. The summed E-state index contributed by atoms with van der Waals surface area (Å²) in [5.74, 6) is -0.0242. The lowest BCUT2D eigenvalue weighted by Gasteiger charge is -2.22. The van der Waals surface area contributed by atoms with E-state index in [1.54, 1.807) is 12.1 Å². The molecule has 5 heteroatoms. The maximum absolute atomic E-state index is 12.0. The van der Waals surface area contributed by atoms with Gasteiger partial charge in [-0.2, -0.15) is 0 Å². The molecule has 0 radical (unpaired) electrons. The summed E-state index contributed by atoms with van der Waals surface area (Å²) in [5, 5.41) is 12.9. The minimum atomic E-state index is -0.560. The third-order valence-corrected chi connectivity index (χ3v) is 4.05. The first-order chi connectivity index (χ1) is 9.96. The second kappa shape index (κ2) is 6.91. The van der Waals surface area contributed by atoms with Gasteiger partial charge in [0, 0.05) is 19.5 Å². The third-order valence-electron chi connectivity index (χ3n) is 4.05. The first-order valence-corrected chi connectivity index (χ1v) is 7.55. The molecule has 1 fully saturated rings. The van der Waals surface area contributed by atoms with Crippen molar-refractivity contribution >= 4 is 17.3 Å². The highest BCUT2D eigenvalue weighted by atomic mass is 16.3. The third kappa shape index (κ3) is 5.02. The molecule has 1 aromatic rings. The van der Waals surface area contributed by atoms with Crippen molar-refractivity contribution in [2.75, 3.05) is 30.7 Å². The summed E-state index contributed by atoms with van der Waals surface area (Å²) >= 11 is 0. The second-order valence-electron chi connectivity index (χ2n) is 6.08. The summed E-state index contributed by atoms with van der Waals surface area (Å²) in [7, 11) is 0. The van der Waals surface area contributed by atoms with Crippen LogP contribution in [0.1, 0.15) is 32.6 Å². The van der Waals surface area contributed by atoms with Gasteiger partial charge in [0.1, 0.15) is 0 Å². The van der Waals surface area contributed by atoms with Crippen molar-refractivity contribution in [2.45, 2.75) is 38.2 Å². The molecule has 2 rings (SSSR count). The number of nitrogens with zero attached hydrogens (tertiary/aromatic N) is 1. The minimum Gasteiger partial charge on any atom is -0.397 e. The lowest BCUT2D eigenvalue weighted by molar-refractivity contribution is -0.116. The van der Waals surface area contributed by atoms with E-state index in [1.807, 2.05) is 19.1 Å². The molecule has 0 aromatic heterocycles. The lowest BCUT2D eigenvalue weighted by atomic mass is 9.98. The molecule has 1 aliphatic rings. The minimum absolute atomic E-state index is 0.0242. The molecule has 1 amide bonds. The van der Waals surface area contributed by atoms with Crippen LogP contribution in [-0.4, -0.2) is 41.1 Å². The number of hydrogen-bond acceptors (Lipinski definition) is 4. The number of para-hydroxylation sites is 2. The highest BCUT2D eigenvalue weighted by Gasteiger charge is 2.24. The van der Waals surface area contributed by atoms with Gasteiger partial charge in [0.15, 0.2) is 0 Å². The predicted octanol–water partition coefficient (Wildman–Crippen LogP) is 1.83. The van der Waals surface area contributed by atoms with Gasteiger partial charge >= 0.3 is 0 Å². The number of hydrogen-bond donors (Lipinski definition) is 3. The quantitative estimate of drug-likeness (QED) is 0.740.